The highest BCUT2D eigenvalue weighted by molar-refractivity contribution is 5.71. The van der Waals surface area contributed by atoms with Gasteiger partial charge >= 0.3 is 0 Å². The van der Waals surface area contributed by atoms with Crippen LogP contribution in [0.3, 0.4) is 0 Å². The van der Waals surface area contributed by atoms with Crippen molar-refractivity contribution in [3.63, 3.8) is 0 Å². The van der Waals surface area contributed by atoms with Crippen molar-refractivity contribution in [2.24, 2.45) is 0 Å². The number of hydrogen-bond acceptors (Lipinski definition) is 4. The largest absolute Gasteiger partial charge is 0.496 e. The van der Waals surface area contributed by atoms with E-state index in [1.807, 2.05) is 36.4 Å². The van der Waals surface area contributed by atoms with Crippen LogP contribution in [0.1, 0.15) is 11.4 Å². The summed E-state index contributed by atoms with van der Waals surface area (Å²) in [7, 11) is 3.26. The van der Waals surface area contributed by atoms with E-state index >= 15 is 0 Å². The Labute approximate surface area is 116 Å². The summed E-state index contributed by atoms with van der Waals surface area (Å²) in [6.07, 6.45) is 0.669. The third-order valence-electron chi connectivity index (χ3n) is 3.13. The number of rotatable bonds is 4. The number of methoxy groups -OCH3 is 2. The van der Waals surface area contributed by atoms with Crippen LogP contribution in [-0.2, 0) is 6.42 Å². The highest BCUT2D eigenvalue weighted by atomic mass is 16.5. The lowest BCUT2D eigenvalue weighted by molar-refractivity contribution is 0.399. The van der Waals surface area contributed by atoms with E-state index in [2.05, 4.69) is 15.0 Å². The number of aromatic amines is 1. The van der Waals surface area contributed by atoms with Crippen LogP contribution in [0.15, 0.2) is 36.4 Å². The van der Waals surface area contributed by atoms with E-state index in [-0.39, 0.29) is 0 Å². The number of benzene rings is 1. The fourth-order valence-electron chi connectivity index (χ4n) is 2.15. The molecule has 0 radical (unpaired) electrons. The first-order valence-corrected chi connectivity index (χ1v) is 6.31. The van der Waals surface area contributed by atoms with Gasteiger partial charge in [0.1, 0.15) is 11.6 Å². The first kappa shape index (κ1) is 12.5. The minimum Gasteiger partial charge on any atom is -0.496 e. The Hall–Kier alpha value is -2.56. The van der Waals surface area contributed by atoms with Crippen LogP contribution in [0.25, 0.3) is 11.2 Å². The third-order valence-corrected chi connectivity index (χ3v) is 3.13. The number of fused-ring (bicyclic) bond motifs is 1. The van der Waals surface area contributed by atoms with Crippen molar-refractivity contribution >= 4 is 11.2 Å². The molecular formula is C15H15N3O2. The summed E-state index contributed by atoms with van der Waals surface area (Å²) in [5.41, 5.74) is 2.64. The molecule has 0 spiro atoms. The Balaban J connectivity index is 1.94. The molecule has 0 saturated heterocycles. The van der Waals surface area contributed by atoms with Gasteiger partial charge in [-0.25, -0.2) is 4.98 Å². The summed E-state index contributed by atoms with van der Waals surface area (Å²) >= 11 is 0. The van der Waals surface area contributed by atoms with Crippen LogP contribution in [0.2, 0.25) is 0 Å². The summed E-state index contributed by atoms with van der Waals surface area (Å²) in [5.74, 6) is 2.27. The summed E-state index contributed by atoms with van der Waals surface area (Å²) in [4.78, 5) is 12.1. The Morgan fingerprint density at radius 2 is 1.85 bits per heavy atom. The lowest BCUT2D eigenvalue weighted by Gasteiger charge is -2.05. The molecule has 0 aliphatic carbocycles. The van der Waals surface area contributed by atoms with Crippen molar-refractivity contribution in [1.29, 1.82) is 0 Å². The number of pyridine rings is 1. The first-order chi connectivity index (χ1) is 9.80. The summed E-state index contributed by atoms with van der Waals surface area (Å²) in [5, 5.41) is 0. The van der Waals surface area contributed by atoms with E-state index in [0.29, 0.717) is 17.9 Å². The highest BCUT2D eigenvalue weighted by Gasteiger charge is 2.08. The van der Waals surface area contributed by atoms with Crippen molar-refractivity contribution in [2.75, 3.05) is 14.2 Å². The molecule has 1 aromatic carbocycles. The number of aromatic nitrogens is 3. The van der Waals surface area contributed by atoms with E-state index in [1.165, 1.54) is 0 Å². The maximum absolute atomic E-state index is 5.35. The first-order valence-electron chi connectivity index (χ1n) is 6.31. The van der Waals surface area contributed by atoms with Crippen molar-refractivity contribution in [3.05, 3.63) is 47.8 Å². The molecule has 0 aliphatic heterocycles. The Morgan fingerprint density at radius 1 is 1.00 bits per heavy atom. The molecule has 3 aromatic rings. The van der Waals surface area contributed by atoms with Crippen LogP contribution in [0, 0.1) is 0 Å². The fourth-order valence-corrected chi connectivity index (χ4v) is 2.15. The average molecular weight is 269 g/mol. The number of H-pyrrole nitrogens is 1. The predicted molar refractivity (Wildman–Crippen MR) is 76.2 cm³/mol. The topological polar surface area (TPSA) is 60.0 Å². The van der Waals surface area contributed by atoms with Gasteiger partial charge in [-0.05, 0) is 12.1 Å². The van der Waals surface area contributed by atoms with Gasteiger partial charge in [0, 0.05) is 18.1 Å². The second-order valence-corrected chi connectivity index (χ2v) is 4.40. The monoisotopic (exact) mass is 269 g/mol. The third kappa shape index (κ3) is 2.30. The average Bonchev–Trinajstić information content (AvgIpc) is 2.89. The molecule has 3 rings (SSSR count). The van der Waals surface area contributed by atoms with Gasteiger partial charge in [0.25, 0.3) is 0 Å². The maximum atomic E-state index is 5.35. The second-order valence-electron chi connectivity index (χ2n) is 4.40. The molecule has 0 aliphatic rings. The summed E-state index contributed by atoms with van der Waals surface area (Å²) in [6.45, 7) is 0. The highest BCUT2D eigenvalue weighted by Crippen LogP contribution is 2.21. The molecule has 1 N–H and O–H groups in total. The normalized spacial score (nSPS) is 10.7. The molecule has 5 heteroatoms. The Morgan fingerprint density at radius 3 is 2.65 bits per heavy atom. The Bertz CT molecular complexity index is 737. The molecule has 2 heterocycles. The van der Waals surface area contributed by atoms with Crippen molar-refractivity contribution in [2.45, 2.75) is 6.42 Å². The molecule has 5 nitrogen and oxygen atoms in total. The van der Waals surface area contributed by atoms with Gasteiger partial charge in [0.05, 0.1) is 19.7 Å². The minimum absolute atomic E-state index is 0.563. The summed E-state index contributed by atoms with van der Waals surface area (Å²) < 4.78 is 10.5. The smallest absolute Gasteiger partial charge is 0.215 e. The van der Waals surface area contributed by atoms with E-state index in [1.54, 1.807) is 14.2 Å². The van der Waals surface area contributed by atoms with Gasteiger partial charge in [-0.1, -0.05) is 18.2 Å². The van der Waals surface area contributed by atoms with Crippen molar-refractivity contribution in [1.82, 2.24) is 15.0 Å². The van der Waals surface area contributed by atoms with Crippen LogP contribution in [0.5, 0.6) is 11.6 Å². The van der Waals surface area contributed by atoms with Gasteiger partial charge in [-0.2, -0.15) is 4.98 Å². The molecule has 2 aromatic heterocycles. The molecule has 0 amide bonds. The number of ether oxygens (including phenoxy) is 2. The van der Waals surface area contributed by atoms with E-state index in [4.69, 9.17) is 9.47 Å². The zero-order valence-corrected chi connectivity index (χ0v) is 11.4. The van der Waals surface area contributed by atoms with Crippen LogP contribution < -0.4 is 9.47 Å². The van der Waals surface area contributed by atoms with Gasteiger partial charge in [0.15, 0.2) is 5.65 Å². The van der Waals surface area contributed by atoms with Crippen molar-refractivity contribution in [3.8, 4) is 11.6 Å². The zero-order chi connectivity index (χ0) is 13.9. The van der Waals surface area contributed by atoms with Gasteiger partial charge in [0.2, 0.25) is 5.88 Å². The standard InChI is InChI=1S/C15H15N3O2/c1-19-12-6-4-3-5-10(12)9-13-16-11-7-8-14(20-2)18-15(11)17-13/h3-8H,9H2,1-2H3,(H,16,17,18). The zero-order valence-electron chi connectivity index (χ0n) is 11.4. The van der Waals surface area contributed by atoms with Gasteiger partial charge in [-0.3, -0.25) is 0 Å². The van der Waals surface area contributed by atoms with Crippen molar-refractivity contribution < 1.29 is 9.47 Å². The molecule has 0 unspecified atom stereocenters. The van der Waals surface area contributed by atoms with E-state index < -0.39 is 0 Å². The molecule has 0 saturated carbocycles. The quantitative estimate of drug-likeness (QED) is 0.790. The molecule has 20 heavy (non-hydrogen) atoms. The number of imidazole rings is 1. The molecule has 0 fully saturated rings. The molecule has 0 bridgehead atoms. The van der Waals surface area contributed by atoms with E-state index in [0.717, 1.165) is 22.7 Å². The predicted octanol–water partition coefficient (Wildman–Crippen LogP) is 2.57. The Kier molecular flexibility index (Phi) is 3.25. The minimum atomic E-state index is 0.563. The fraction of sp³-hybridized carbons (Fsp3) is 0.200. The molecule has 0 atom stereocenters. The van der Waals surface area contributed by atoms with Gasteiger partial charge < -0.3 is 14.5 Å². The lowest BCUT2D eigenvalue weighted by Crippen LogP contribution is -1.95. The molecule has 102 valence electrons. The number of nitrogens with zero attached hydrogens (tertiary/aromatic N) is 2. The number of para-hydroxylation sites is 1. The SMILES string of the molecule is COc1ccc2[nH]c(Cc3ccccc3OC)nc2n1. The maximum Gasteiger partial charge on any atom is 0.215 e. The second kappa shape index (κ2) is 5.21. The summed E-state index contributed by atoms with van der Waals surface area (Å²) in [6, 6.07) is 11.6. The lowest BCUT2D eigenvalue weighted by atomic mass is 10.1. The molecular weight excluding hydrogens is 254 g/mol. The van der Waals surface area contributed by atoms with Crippen LogP contribution >= 0.6 is 0 Å². The number of hydrogen-bond donors (Lipinski definition) is 1. The van der Waals surface area contributed by atoms with E-state index in [9.17, 15) is 0 Å². The van der Waals surface area contributed by atoms with Crippen LogP contribution in [-0.4, -0.2) is 29.2 Å². The van der Waals surface area contributed by atoms with Gasteiger partial charge in [-0.15, -0.1) is 0 Å². The van der Waals surface area contributed by atoms with Crippen LogP contribution in [0.4, 0.5) is 0 Å². The number of nitrogens with one attached hydrogen (secondary N) is 1.